The molecule has 9 unspecified atom stereocenters. The minimum Gasteiger partial charge on any atom is -0.429 e. The maximum atomic E-state index is 13.5. The molecule has 2 spiro atoms. The van der Waals surface area contributed by atoms with Gasteiger partial charge in [0.25, 0.3) is 0 Å². The molecule has 3 saturated heterocycles. The molecule has 4 saturated carbocycles. The maximum absolute atomic E-state index is 13.5. The molecule has 36 heavy (non-hydrogen) atoms. The van der Waals surface area contributed by atoms with Gasteiger partial charge in [-0.05, 0) is 69.1 Å². The van der Waals surface area contributed by atoms with Crippen LogP contribution in [0.4, 0.5) is 0 Å². The molecule has 0 aromatic heterocycles. The molecule has 15 atom stereocenters. The number of ether oxygens (including phenoxy) is 3. The van der Waals surface area contributed by atoms with Crippen LogP contribution in [0.25, 0.3) is 0 Å². The molecule has 200 valence electrons. The highest BCUT2D eigenvalue weighted by molar-refractivity contribution is 5.88. The number of esters is 1. The summed E-state index contributed by atoms with van der Waals surface area (Å²) in [5.41, 5.74) is -3.26. The summed E-state index contributed by atoms with van der Waals surface area (Å²) < 4.78 is 18.6. The number of epoxide rings is 1. The van der Waals surface area contributed by atoms with E-state index in [1.54, 1.807) is 13.8 Å². The molecule has 7 fully saturated rings. The third-order valence-electron chi connectivity index (χ3n) is 12.9. The van der Waals surface area contributed by atoms with Crippen LogP contribution in [0.5, 0.6) is 0 Å². The summed E-state index contributed by atoms with van der Waals surface area (Å²) in [4.78, 5) is 26.0. The number of carbonyl (C=O) groups excluding carboxylic acids is 2. The Morgan fingerprint density at radius 3 is 2.36 bits per heavy atom. The summed E-state index contributed by atoms with van der Waals surface area (Å²) >= 11 is 0. The number of Topliss-reactive ketones (excluding diaryl/α,β-unsaturated/α-hetero) is 1. The Labute approximate surface area is 212 Å². The second-order valence-electron chi connectivity index (χ2n) is 14.0. The van der Waals surface area contributed by atoms with E-state index in [0.29, 0.717) is 19.3 Å². The fraction of sp³-hybridized carbons (Fsp3) is 0.929. The first-order valence-electron chi connectivity index (χ1n) is 14.0. The summed E-state index contributed by atoms with van der Waals surface area (Å²) in [5, 5.41) is 34.5. The van der Waals surface area contributed by atoms with E-state index in [9.17, 15) is 24.9 Å². The number of ketones is 1. The lowest BCUT2D eigenvalue weighted by Crippen LogP contribution is -2.71. The van der Waals surface area contributed by atoms with Crippen LogP contribution in [0.3, 0.4) is 0 Å². The zero-order valence-corrected chi connectivity index (χ0v) is 21.9. The van der Waals surface area contributed by atoms with Gasteiger partial charge in [0.1, 0.15) is 23.1 Å². The fourth-order valence-corrected chi connectivity index (χ4v) is 10.9. The first kappa shape index (κ1) is 24.0. The lowest BCUT2D eigenvalue weighted by atomic mass is 9.43. The van der Waals surface area contributed by atoms with Crippen LogP contribution in [0, 0.1) is 46.3 Å². The molecule has 3 aliphatic heterocycles. The van der Waals surface area contributed by atoms with Crippen molar-refractivity contribution >= 4 is 11.8 Å². The molecule has 8 nitrogen and oxygen atoms in total. The largest absolute Gasteiger partial charge is 0.429 e. The van der Waals surface area contributed by atoms with Crippen molar-refractivity contribution in [3.05, 3.63) is 0 Å². The van der Waals surface area contributed by atoms with Gasteiger partial charge in [-0.25, -0.2) is 0 Å². The summed E-state index contributed by atoms with van der Waals surface area (Å²) in [5.74, 6) is -2.45. The number of aliphatic hydroxyl groups is 3. The van der Waals surface area contributed by atoms with E-state index in [4.69, 9.17) is 14.2 Å². The molecule has 7 rings (SSSR count). The summed E-state index contributed by atoms with van der Waals surface area (Å²) in [7, 11) is 0. The Balaban J connectivity index is 1.27. The Bertz CT molecular complexity index is 1040. The van der Waals surface area contributed by atoms with Crippen LogP contribution in [-0.2, 0) is 23.8 Å². The van der Waals surface area contributed by atoms with Crippen LogP contribution in [0.15, 0.2) is 0 Å². The van der Waals surface area contributed by atoms with E-state index in [0.717, 1.165) is 19.3 Å². The highest BCUT2D eigenvalue weighted by Crippen LogP contribution is 2.75. The predicted octanol–water partition coefficient (Wildman–Crippen LogP) is 1.96. The first-order chi connectivity index (χ1) is 16.8. The van der Waals surface area contributed by atoms with Gasteiger partial charge in [-0.2, -0.15) is 0 Å². The van der Waals surface area contributed by atoms with Gasteiger partial charge < -0.3 is 29.5 Å². The number of hydrogen-bond acceptors (Lipinski definition) is 8. The van der Waals surface area contributed by atoms with Gasteiger partial charge in [-0.15, -0.1) is 0 Å². The average molecular weight is 505 g/mol. The lowest BCUT2D eigenvalue weighted by Gasteiger charge is -2.60. The van der Waals surface area contributed by atoms with E-state index in [1.165, 1.54) is 0 Å². The smallest absolute Gasteiger partial charge is 0.311 e. The van der Waals surface area contributed by atoms with E-state index in [-0.39, 0.29) is 47.1 Å². The predicted molar refractivity (Wildman–Crippen MR) is 125 cm³/mol. The Morgan fingerprint density at radius 1 is 0.972 bits per heavy atom. The van der Waals surface area contributed by atoms with Gasteiger partial charge in [-0.1, -0.05) is 20.8 Å². The van der Waals surface area contributed by atoms with Gasteiger partial charge in [0.15, 0.2) is 0 Å². The number of fused-ring (bicyclic) bond motifs is 6. The minimum absolute atomic E-state index is 0.101. The molecule has 8 heteroatoms. The highest BCUT2D eigenvalue weighted by atomic mass is 16.7. The fourth-order valence-electron chi connectivity index (χ4n) is 10.9. The van der Waals surface area contributed by atoms with E-state index in [1.807, 2.05) is 13.8 Å². The third kappa shape index (κ3) is 2.34. The van der Waals surface area contributed by atoms with Crippen molar-refractivity contribution in [3.63, 3.8) is 0 Å². The van der Waals surface area contributed by atoms with Crippen molar-refractivity contribution in [2.45, 2.75) is 115 Å². The van der Waals surface area contributed by atoms with Crippen molar-refractivity contribution in [3.8, 4) is 0 Å². The Morgan fingerprint density at radius 2 is 1.69 bits per heavy atom. The SMILES string of the molecule is CC1[C@@H](C)C(=O)OC12O[C@H]1CC3C4C[C@H]5OC56C(O)CCC(=O)[C@]6(C)C4CC[C@]3(C)C1C(C)(O)[C@@H]2O. The molecular weight excluding hydrogens is 464 g/mol. The molecule has 3 heterocycles. The van der Waals surface area contributed by atoms with Crippen LogP contribution < -0.4 is 0 Å². The van der Waals surface area contributed by atoms with Gasteiger partial charge in [0.2, 0.25) is 5.79 Å². The topological polar surface area (TPSA) is 126 Å². The summed E-state index contributed by atoms with van der Waals surface area (Å²) in [6.07, 6.45) is 1.48. The normalized spacial score (nSPS) is 65.2. The minimum atomic E-state index is -1.55. The van der Waals surface area contributed by atoms with E-state index < -0.39 is 52.4 Å². The Kier molecular flexibility index (Phi) is 4.49. The highest BCUT2D eigenvalue weighted by Gasteiger charge is 2.82. The number of aliphatic hydroxyl groups excluding tert-OH is 2. The number of rotatable bonds is 0. The van der Waals surface area contributed by atoms with Gasteiger partial charge in [0.05, 0.1) is 29.6 Å². The standard InChI is InChI=1S/C28H40O8/c1-12-13(2)28(36-22(12)31)23(32)26(5,33)21-17(34-28)11-16-14-10-20-27(35-20)19(30)7-6-18(29)25(27,4)15(14)8-9-24(16,21)3/h12-17,19-21,23,30,32-33H,6-11H2,1-5H3/t12-,13?,14?,15?,16?,17+,19?,20-,21?,23+,24+,25+,26?,27?,28?/m1/s1. The molecule has 0 radical (unpaired) electrons. The third-order valence-corrected chi connectivity index (χ3v) is 12.9. The van der Waals surface area contributed by atoms with Crippen molar-refractivity contribution in [1.29, 1.82) is 0 Å². The second-order valence-corrected chi connectivity index (χ2v) is 14.0. The number of hydrogen-bond donors (Lipinski definition) is 3. The monoisotopic (exact) mass is 504 g/mol. The van der Waals surface area contributed by atoms with Crippen LogP contribution in [-0.4, -0.2) is 68.5 Å². The zero-order chi connectivity index (χ0) is 25.8. The lowest BCUT2D eigenvalue weighted by molar-refractivity contribution is -0.368. The molecule has 0 aromatic carbocycles. The van der Waals surface area contributed by atoms with Gasteiger partial charge in [-0.3, -0.25) is 9.59 Å². The van der Waals surface area contributed by atoms with Crippen molar-refractivity contribution in [2.75, 3.05) is 0 Å². The van der Waals surface area contributed by atoms with Crippen molar-refractivity contribution in [1.82, 2.24) is 0 Å². The molecule has 7 aliphatic rings. The van der Waals surface area contributed by atoms with Crippen molar-refractivity contribution in [2.24, 2.45) is 46.3 Å². The van der Waals surface area contributed by atoms with Crippen molar-refractivity contribution < 1.29 is 39.1 Å². The molecule has 0 amide bonds. The van der Waals surface area contributed by atoms with Crippen LogP contribution in [0.1, 0.15) is 73.1 Å². The van der Waals surface area contributed by atoms with Gasteiger partial charge >= 0.3 is 5.97 Å². The van der Waals surface area contributed by atoms with Gasteiger partial charge in [0, 0.05) is 18.3 Å². The number of carbonyl (C=O) groups is 2. The second kappa shape index (κ2) is 6.74. The zero-order valence-electron chi connectivity index (χ0n) is 21.9. The molecule has 0 bridgehead atoms. The summed E-state index contributed by atoms with van der Waals surface area (Å²) in [6, 6.07) is 0. The average Bonchev–Trinajstić information content (AvgIpc) is 3.42. The van der Waals surface area contributed by atoms with E-state index in [2.05, 4.69) is 6.92 Å². The molecular formula is C28H40O8. The van der Waals surface area contributed by atoms with Crippen LogP contribution >= 0.6 is 0 Å². The molecule has 4 aliphatic carbocycles. The molecule has 3 N–H and O–H groups in total. The first-order valence-corrected chi connectivity index (χ1v) is 14.0. The summed E-state index contributed by atoms with van der Waals surface area (Å²) in [6.45, 7) is 9.55. The van der Waals surface area contributed by atoms with E-state index >= 15 is 0 Å². The molecule has 0 aromatic rings. The maximum Gasteiger partial charge on any atom is 0.311 e. The van der Waals surface area contributed by atoms with Crippen LogP contribution in [0.2, 0.25) is 0 Å². The quantitative estimate of drug-likeness (QED) is 0.338. The Hall–Kier alpha value is -1.06.